The Balaban J connectivity index is 2.37. The normalized spacial score (nSPS) is 25.7. The molecule has 0 amide bonds. The van der Waals surface area contributed by atoms with E-state index < -0.39 is 33.2 Å². The number of carbonyl (C=O) groups excluding carboxylic acids is 1. The average molecular weight is 355 g/mol. The van der Waals surface area contributed by atoms with E-state index in [0.717, 1.165) is 9.87 Å². The van der Waals surface area contributed by atoms with Crippen LogP contribution in [0.4, 0.5) is 0 Å². The summed E-state index contributed by atoms with van der Waals surface area (Å²) >= 11 is 0. The zero-order chi connectivity index (χ0) is 18.3. The van der Waals surface area contributed by atoms with Crippen LogP contribution in [0.1, 0.15) is 39.7 Å². The fourth-order valence-corrected chi connectivity index (χ4v) is 4.39. The lowest BCUT2D eigenvalue weighted by atomic mass is 10.0. The molecule has 134 valence electrons. The molecule has 1 fully saturated rings. The summed E-state index contributed by atoms with van der Waals surface area (Å²) in [6.07, 6.45) is 0.00695. The minimum absolute atomic E-state index is 0.00695. The molecule has 0 spiro atoms. The molecule has 1 aliphatic rings. The Morgan fingerprint density at radius 1 is 1.29 bits per heavy atom. The second kappa shape index (κ2) is 6.13. The number of nitrogens with zero attached hydrogens (tertiary/aromatic N) is 1. The maximum Gasteiger partial charge on any atom is 0.325 e. The van der Waals surface area contributed by atoms with Crippen LogP contribution in [-0.4, -0.2) is 47.6 Å². The SMILES string of the molecule is Cc1ccc(S(=O)(=O)N2C[C@@](C)(O)C[C@H]2C(=O)OC(C)(C)C)cc1. The highest BCUT2D eigenvalue weighted by atomic mass is 32.2. The molecular formula is C17H25NO5S. The third-order valence-electron chi connectivity index (χ3n) is 3.78. The zero-order valence-corrected chi connectivity index (χ0v) is 15.6. The zero-order valence-electron chi connectivity index (χ0n) is 14.7. The van der Waals surface area contributed by atoms with Gasteiger partial charge in [-0.3, -0.25) is 4.79 Å². The van der Waals surface area contributed by atoms with Crippen LogP contribution in [0, 0.1) is 6.92 Å². The molecule has 1 saturated heterocycles. The average Bonchev–Trinajstić information content (AvgIpc) is 2.74. The van der Waals surface area contributed by atoms with Gasteiger partial charge in [0.15, 0.2) is 0 Å². The van der Waals surface area contributed by atoms with Crippen molar-refractivity contribution in [2.24, 2.45) is 0 Å². The van der Waals surface area contributed by atoms with E-state index in [-0.39, 0.29) is 17.9 Å². The lowest BCUT2D eigenvalue weighted by molar-refractivity contribution is -0.159. The second-order valence-electron chi connectivity index (χ2n) is 7.61. The minimum atomic E-state index is -3.90. The summed E-state index contributed by atoms with van der Waals surface area (Å²) in [4.78, 5) is 12.5. The molecule has 2 rings (SSSR count). The summed E-state index contributed by atoms with van der Waals surface area (Å²) < 4.78 is 32.2. The first-order valence-electron chi connectivity index (χ1n) is 7.86. The summed E-state index contributed by atoms with van der Waals surface area (Å²) in [6, 6.07) is 5.37. The van der Waals surface area contributed by atoms with Crippen molar-refractivity contribution < 1.29 is 23.1 Å². The number of hydrogen-bond acceptors (Lipinski definition) is 5. The molecule has 1 heterocycles. The molecule has 0 saturated carbocycles. The standard InChI is InChI=1S/C17H25NO5S/c1-12-6-8-13(9-7-12)24(21,22)18-11-17(5,20)10-14(18)15(19)23-16(2,3)4/h6-9,14,20H,10-11H2,1-5H3/t14-,17-/m0/s1. The van der Waals surface area contributed by atoms with Crippen LogP contribution < -0.4 is 0 Å². The number of aryl methyl sites for hydroxylation is 1. The molecule has 7 heteroatoms. The van der Waals surface area contributed by atoms with Crippen LogP contribution in [0.25, 0.3) is 0 Å². The van der Waals surface area contributed by atoms with Gasteiger partial charge in [0.1, 0.15) is 11.6 Å². The Morgan fingerprint density at radius 2 is 1.83 bits per heavy atom. The summed E-state index contributed by atoms with van der Waals surface area (Å²) in [5.74, 6) is -0.643. The van der Waals surface area contributed by atoms with Crippen molar-refractivity contribution in [1.82, 2.24) is 4.31 Å². The highest BCUT2D eigenvalue weighted by Gasteiger charge is 2.50. The first kappa shape index (κ1) is 18.9. The number of sulfonamides is 1. The molecule has 0 unspecified atom stereocenters. The quantitative estimate of drug-likeness (QED) is 0.837. The number of β-amino-alcohol motifs (C(OH)–C–C–N with tert-alkyl or cyclic N) is 1. The van der Waals surface area contributed by atoms with Gasteiger partial charge in [0.2, 0.25) is 10.0 Å². The molecule has 0 bridgehead atoms. The fourth-order valence-electron chi connectivity index (χ4n) is 2.70. The van der Waals surface area contributed by atoms with Crippen molar-refractivity contribution in [2.45, 2.75) is 63.2 Å². The fraction of sp³-hybridized carbons (Fsp3) is 0.588. The van der Waals surface area contributed by atoms with Gasteiger partial charge in [-0.05, 0) is 46.8 Å². The second-order valence-corrected chi connectivity index (χ2v) is 9.50. The van der Waals surface area contributed by atoms with E-state index in [1.165, 1.54) is 19.1 Å². The van der Waals surface area contributed by atoms with E-state index in [9.17, 15) is 18.3 Å². The van der Waals surface area contributed by atoms with Gasteiger partial charge in [-0.25, -0.2) is 8.42 Å². The van der Waals surface area contributed by atoms with E-state index in [0.29, 0.717) is 0 Å². The number of carbonyl (C=O) groups is 1. The summed E-state index contributed by atoms with van der Waals surface area (Å²) in [5, 5.41) is 10.3. The van der Waals surface area contributed by atoms with Crippen LogP contribution in [0.15, 0.2) is 29.2 Å². The number of esters is 1. The Labute approximate surface area is 143 Å². The number of benzene rings is 1. The molecule has 1 N–H and O–H groups in total. The Bertz CT molecular complexity index is 716. The van der Waals surface area contributed by atoms with Gasteiger partial charge in [-0.1, -0.05) is 17.7 Å². The maximum atomic E-state index is 12.9. The van der Waals surface area contributed by atoms with Crippen molar-refractivity contribution in [1.29, 1.82) is 0 Å². The molecule has 1 aliphatic heterocycles. The van der Waals surface area contributed by atoms with E-state index in [1.54, 1.807) is 32.9 Å². The molecule has 1 aromatic rings. The van der Waals surface area contributed by atoms with Crippen LogP contribution in [0.5, 0.6) is 0 Å². The first-order chi connectivity index (χ1) is 10.8. The highest BCUT2D eigenvalue weighted by Crippen LogP contribution is 2.33. The lowest BCUT2D eigenvalue weighted by Crippen LogP contribution is -2.43. The largest absolute Gasteiger partial charge is 0.459 e. The molecule has 6 nitrogen and oxygen atoms in total. The van der Waals surface area contributed by atoms with Crippen LogP contribution >= 0.6 is 0 Å². The molecule has 0 aliphatic carbocycles. The van der Waals surface area contributed by atoms with Crippen molar-refractivity contribution in [3.8, 4) is 0 Å². The monoisotopic (exact) mass is 355 g/mol. The van der Waals surface area contributed by atoms with Gasteiger partial charge in [0.25, 0.3) is 0 Å². The van der Waals surface area contributed by atoms with Crippen LogP contribution in [0.2, 0.25) is 0 Å². The van der Waals surface area contributed by atoms with Crippen molar-refractivity contribution in [2.75, 3.05) is 6.54 Å². The smallest absolute Gasteiger partial charge is 0.325 e. The van der Waals surface area contributed by atoms with Crippen molar-refractivity contribution in [3.63, 3.8) is 0 Å². The Hall–Kier alpha value is -1.44. The molecular weight excluding hydrogens is 330 g/mol. The van der Waals surface area contributed by atoms with Gasteiger partial charge in [0.05, 0.1) is 10.5 Å². The topological polar surface area (TPSA) is 83.9 Å². The summed E-state index contributed by atoms with van der Waals surface area (Å²) in [7, 11) is -3.90. The Kier molecular flexibility index (Phi) is 4.82. The number of ether oxygens (including phenoxy) is 1. The third-order valence-corrected chi connectivity index (χ3v) is 5.65. The number of rotatable bonds is 3. The molecule has 2 atom stereocenters. The van der Waals surface area contributed by atoms with Crippen LogP contribution in [0.3, 0.4) is 0 Å². The maximum absolute atomic E-state index is 12.9. The highest BCUT2D eigenvalue weighted by molar-refractivity contribution is 7.89. The molecule has 24 heavy (non-hydrogen) atoms. The van der Waals surface area contributed by atoms with Crippen molar-refractivity contribution in [3.05, 3.63) is 29.8 Å². The minimum Gasteiger partial charge on any atom is -0.459 e. The van der Waals surface area contributed by atoms with Gasteiger partial charge in [-0.15, -0.1) is 0 Å². The van der Waals surface area contributed by atoms with E-state index in [1.807, 2.05) is 6.92 Å². The third kappa shape index (κ3) is 4.15. The lowest BCUT2D eigenvalue weighted by Gasteiger charge is -2.26. The summed E-state index contributed by atoms with van der Waals surface area (Å²) in [5.41, 5.74) is -1.07. The first-order valence-corrected chi connectivity index (χ1v) is 9.30. The predicted octanol–water partition coefficient (Wildman–Crippen LogP) is 1.85. The van der Waals surface area contributed by atoms with E-state index in [4.69, 9.17) is 4.74 Å². The van der Waals surface area contributed by atoms with Crippen LogP contribution in [-0.2, 0) is 19.6 Å². The van der Waals surface area contributed by atoms with E-state index >= 15 is 0 Å². The van der Waals surface area contributed by atoms with E-state index in [2.05, 4.69) is 0 Å². The Morgan fingerprint density at radius 3 is 2.33 bits per heavy atom. The molecule has 0 aromatic heterocycles. The van der Waals surface area contributed by atoms with Gasteiger partial charge in [-0.2, -0.15) is 4.31 Å². The molecule has 0 radical (unpaired) electrons. The van der Waals surface area contributed by atoms with Crippen molar-refractivity contribution >= 4 is 16.0 Å². The van der Waals surface area contributed by atoms with Gasteiger partial charge in [0, 0.05) is 13.0 Å². The molecule has 1 aromatic carbocycles. The predicted molar refractivity (Wildman–Crippen MR) is 89.9 cm³/mol. The van der Waals surface area contributed by atoms with Gasteiger partial charge < -0.3 is 9.84 Å². The summed E-state index contributed by atoms with van der Waals surface area (Å²) in [6.45, 7) is 8.40. The number of aliphatic hydroxyl groups is 1. The number of hydrogen-bond donors (Lipinski definition) is 1. The van der Waals surface area contributed by atoms with Gasteiger partial charge >= 0.3 is 5.97 Å².